The van der Waals surface area contributed by atoms with Gasteiger partial charge in [0.1, 0.15) is 5.69 Å². The molecule has 1 aromatic rings. The summed E-state index contributed by atoms with van der Waals surface area (Å²) in [7, 11) is 1.67. The summed E-state index contributed by atoms with van der Waals surface area (Å²) in [6.07, 6.45) is 5.15. The molecule has 0 radical (unpaired) electrons. The molecular formula is C18H25N3O3. The monoisotopic (exact) mass is 331 g/mol. The average molecular weight is 331 g/mol. The van der Waals surface area contributed by atoms with E-state index in [1.165, 1.54) is 24.1 Å². The molecule has 0 saturated carbocycles. The summed E-state index contributed by atoms with van der Waals surface area (Å²) < 4.78 is 5.58. The van der Waals surface area contributed by atoms with Crippen LogP contribution in [0.1, 0.15) is 41.0 Å². The standard InChI is InChI=1S/C18H25N3O3/c1-19-17(23)18-6-7-24-10-13(18)9-21(11-18)16(22)15-8-12-4-2-3-5-14(12)20-15/h8,13,20H,2-7,9-11H2,1H3,(H,19,23)/t13-,18+/m1/s1. The number of H-pyrrole nitrogens is 1. The Morgan fingerprint density at radius 2 is 2.21 bits per heavy atom. The van der Waals surface area contributed by atoms with E-state index in [-0.39, 0.29) is 17.7 Å². The minimum absolute atomic E-state index is 0.0158. The number of amides is 2. The predicted octanol–water partition coefficient (Wildman–Crippen LogP) is 1.12. The number of aromatic amines is 1. The van der Waals surface area contributed by atoms with Gasteiger partial charge in [-0.25, -0.2) is 0 Å². The van der Waals surface area contributed by atoms with Gasteiger partial charge in [-0.1, -0.05) is 0 Å². The molecule has 0 bridgehead atoms. The van der Waals surface area contributed by atoms with Crippen LogP contribution in [0.15, 0.2) is 6.07 Å². The summed E-state index contributed by atoms with van der Waals surface area (Å²) in [4.78, 5) is 30.7. The summed E-state index contributed by atoms with van der Waals surface area (Å²) in [6, 6.07) is 2.02. The molecule has 6 heteroatoms. The van der Waals surface area contributed by atoms with E-state index >= 15 is 0 Å². The molecule has 24 heavy (non-hydrogen) atoms. The van der Waals surface area contributed by atoms with Gasteiger partial charge in [0.25, 0.3) is 5.91 Å². The molecule has 1 aliphatic carbocycles. The van der Waals surface area contributed by atoms with Crippen molar-refractivity contribution in [1.82, 2.24) is 15.2 Å². The number of carbonyl (C=O) groups is 2. The molecule has 2 fully saturated rings. The van der Waals surface area contributed by atoms with Gasteiger partial charge in [-0.05, 0) is 43.7 Å². The van der Waals surface area contributed by atoms with Crippen LogP contribution in [-0.4, -0.2) is 55.0 Å². The van der Waals surface area contributed by atoms with E-state index in [1.54, 1.807) is 7.05 Å². The molecule has 1 aromatic heterocycles. The zero-order valence-corrected chi connectivity index (χ0v) is 14.2. The molecule has 3 heterocycles. The second-order valence-corrected chi connectivity index (χ2v) is 7.34. The number of aromatic nitrogens is 1. The number of rotatable bonds is 2. The summed E-state index contributed by atoms with van der Waals surface area (Å²) in [5, 5.41) is 2.80. The predicted molar refractivity (Wildman–Crippen MR) is 88.8 cm³/mol. The quantitative estimate of drug-likeness (QED) is 0.853. The van der Waals surface area contributed by atoms with Crippen molar-refractivity contribution in [2.75, 3.05) is 33.4 Å². The first-order valence-corrected chi connectivity index (χ1v) is 8.94. The molecule has 3 aliphatic rings. The molecule has 2 amide bonds. The zero-order valence-electron chi connectivity index (χ0n) is 14.2. The minimum Gasteiger partial charge on any atom is -0.381 e. The van der Waals surface area contributed by atoms with Crippen molar-refractivity contribution in [3.63, 3.8) is 0 Å². The van der Waals surface area contributed by atoms with Gasteiger partial charge >= 0.3 is 0 Å². The van der Waals surface area contributed by atoms with Gasteiger partial charge in [0, 0.05) is 38.4 Å². The molecule has 130 valence electrons. The van der Waals surface area contributed by atoms with Crippen LogP contribution in [0.5, 0.6) is 0 Å². The van der Waals surface area contributed by atoms with Crippen LogP contribution in [0.2, 0.25) is 0 Å². The van der Waals surface area contributed by atoms with Gasteiger partial charge in [-0.3, -0.25) is 9.59 Å². The van der Waals surface area contributed by atoms with Crippen LogP contribution in [0, 0.1) is 11.3 Å². The van der Waals surface area contributed by atoms with E-state index in [0.29, 0.717) is 38.4 Å². The molecule has 2 aliphatic heterocycles. The average Bonchev–Trinajstić information content (AvgIpc) is 3.22. The summed E-state index contributed by atoms with van der Waals surface area (Å²) in [6.45, 7) is 2.22. The molecule has 0 spiro atoms. The fourth-order valence-corrected chi connectivity index (χ4v) is 4.61. The minimum atomic E-state index is -0.491. The number of aryl methyl sites for hydroxylation is 2. The summed E-state index contributed by atoms with van der Waals surface area (Å²) in [5.41, 5.74) is 2.68. The first-order chi connectivity index (χ1) is 11.6. The maximum atomic E-state index is 13.0. The molecule has 0 unspecified atom stereocenters. The Morgan fingerprint density at radius 1 is 1.38 bits per heavy atom. The van der Waals surface area contributed by atoms with E-state index in [9.17, 15) is 9.59 Å². The Hall–Kier alpha value is -1.82. The van der Waals surface area contributed by atoms with Crippen LogP contribution in [0.3, 0.4) is 0 Å². The van der Waals surface area contributed by atoms with Gasteiger partial charge in [-0.15, -0.1) is 0 Å². The third kappa shape index (κ3) is 2.35. The van der Waals surface area contributed by atoms with Crippen LogP contribution < -0.4 is 5.32 Å². The molecule has 2 saturated heterocycles. The lowest BCUT2D eigenvalue weighted by atomic mass is 9.73. The van der Waals surface area contributed by atoms with Crippen molar-refractivity contribution >= 4 is 11.8 Å². The first kappa shape index (κ1) is 15.7. The Morgan fingerprint density at radius 3 is 3.00 bits per heavy atom. The molecular weight excluding hydrogens is 306 g/mol. The highest BCUT2D eigenvalue weighted by Gasteiger charge is 2.54. The van der Waals surface area contributed by atoms with Crippen LogP contribution in [0.25, 0.3) is 0 Å². The zero-order chi connectivity index (χ0) is 16.7. The van der Waals surface area contributed by atoms with E-state index in [2.05, 4.69) is 10.3 Å². The number of hydrogen-bond donors (Lipinski definition) is 2. The maximum Gasteiger partial charge on any atom is 0.270 e. The van der Waals surface area contributed by atoms with Crippen molar-refractivity contribution in [3.8, 4) is 0 Å². The number of carbonyl (C=O) groups excluding carboxylic acids is 2. The normalized spacial score (nSPS) is 29.0. The maximum absolute atomic E-state index is 13.0. The highest BCUT2D eigenvalue weighted by Crippen LogP contribution is 2.42. The fourth-order valence-electron chi connectivity index (χ4n) is 4.61. The number of nitrogens with zero attached hydrogens (tertiary/aromatic N) is 1. The topological polar surface area (TPSA) is 74.4 Å². The van der Waals surface area contributed by atoms with Gasteiger partial charge in [0.2, 0.25) is 5.91 Å². The lowest BCUT2D eigenvalue weighted by molar-refractivity contribution is -0.138. The molecule has 6 nitrogen and oxygen atoms in total. The smallest absolute Gasteiger partial charge is 0.270 e. The van der Waals surface area contributed by atoms with Gasteiger partial charge < -0.3 is 19.9 Å². The Labute approximate surface area is 141 Å². The molecule has 2 atom stereocenters. The Kier molecular flexibility index (Phi) is 3.87. The summed E-state index contributed by atoms with van der Waals surface area (Å²) >= 11 is 0. The number of ether oxygens (including phenoxy) is 1. The third-order valence-electron chi connectivity index (χ3n) is 6.02. The van der Waals surface area contributed by atoms with Crippen molar-refractivity contribution in [3.05, 3.63) is 23.0 Å². The van der Waals surface area contributed by atoms with E-state index in [0.717, 1.165) is 12.8 Å². The van der Waals surface area contributed by atoms with Crippen LogP contribution in [-0.2, 0) is 22.4 Å². The highest BCUT2D eigenvalue weighted by atomic mass is 16.5. The third-order valence-corrected chi connectivity index (χ3v) is 6.02. The first-order valence-electron chi connectivity index (χ1n) is 8.94. The molecule has 4 rings (SSSR count). The van der Waals surface area contributed by atoms with E-state index < -0.39 is 5.41 Å². The molecule has 2 N–H and O–H groups in total. The van der Waals surface area contributed by atoms with Crippen molar-refractivity contribution < 1.29 is 14.3 Å². The molecule has 0 aromatic carbocycles. The number of fused-ring (bicyclic) bond motifs is 2. The second kappa shape index (κ2) is 5.92. The lowest BCUT2D eigenvalue weighted by Crippen LogP contribution is -2.49. The largest absolute Gasteiger partial charge is 0.381 e. The SMILES string of the molecule is CNC(=O)[C@]12CCOC[C@H]1CN(C(=O)c1cc3c([nH]1)CCCC3)C2. The highest BCUT2D eigenvalue weighted by molar-refractivity contribution is 5.94. The number of nitrogens with one attached hydrogen (secondary N) is 2. The lowest BCUT2D eigenvalue weighted by Gasteiger charge is -2.36. The van der Waals surface area contributed by atoms with Crippen LogP contribution in [0.4, 0.5) is 0 Å². The fraction of sp³-hybridized carbons (Fsp3) is 0.667. The van der Waals surface area contributed by atoms with E-state index in [1.807, 2.05) is 11.0 Å². The van der Waals surface area contributed by atoms with Crippen molar-refractivity contribution in [2.24, 2.45) is 11.3 Å². The van der Waals surface area contributed by atoms with Crippen LogP contribution >= 0.6 is 0 Å². The van der Waals surface area contributed by atoms with Gasteiger partial charge in [0.05, 0.1) is 12.0 Å². The summed E-state index contributed by atoms with van der Waals surface area (Å²) in [5.74, 6) is 0.138. The van der Waals surface area contributed by atoms with Crippen molar-refractivity contribution in [2.45, 2.75) is 32.1 Å². The number of likely N-dealkylation sites (tertiary alicyclic amines) is 1. The van der Waals surface area contributed by atoms with Crippen molar-refractivity contribution in [1.29, 1.82) is 0 Å². The number of hydrogen-bond acceptors (Lipinski definition) is 3. The van der Waals surface area contributed by atoms with E-state index in [4.69, 9.17) is 4.74 Å². The van der Waals surface area contributed by atoms with Gasteiger partial charge in [-0.2, -0.15) is 0 Å². The Balaban J connectivity index is 1.57. The second-order valence-electron chi connectivity index (χ2n) is 7.34. The van der Waals surface area contributed by atoms with Gasteiger partial charge in [0.15, 0.2) is 0 Å². The Bertz CT molecular complexity index is 645.